The molecule has 1 N–H and O–H groups in total. The van der Waals surface area contributed by atoms with Crippen molar-refractivity contribution < 1.29 is 9.84 Å². The third-order valence-corrected chi connectivity index (χ3v) is 4.26. The summed E-state index contributed by atoms with van der Waals surface area (Å²) < 4.78 is 5.70. The topological polar surface area (TPSA) is 42.4 Å². The van der Waals surface area contributed by atoms with E-state index in [0.717, 1.165) is 24.5 Å². The normalized spacial score (nSPS) is 23.2. The molecule has 2 unspecified atom stereocenters. The van der Waals surface area contributed by atoms with Crippen molar-refractivity contribution in [3.63, 3.8) is 0 Å². The van der Waals surface area contributed by atoms with Crippen LogP contribution >= 0.6 is 11.3 Å². The van der Waals surface area contributed by atoms with Crippen molar-refractivity contribution >= 4 is 11.3 Å². The lowest BCUT2D eigenvalue weighted by molar-refractivity contribution is 0.0168. The van der Waals surface area contributed by atoms with E-state index in [9.17, 15) is 0 Å². The van der Waals surface area contributed by atoms with Gasteiger partial charge in [-0.3, -0.25) is 0 Å². The molecule has 90 valence electrons. The van der Waals surface area contributed by atoms with Gasteiger partial charge in [0.25, 0.3) is 0 Å². The van der Waals surface area contributed by atoms with Crippen molar-refractivity contribution in [2.45, 2.75) is 44.6 Å². The first-order valence-electron chi connectivity index (χ1n) is 5.96. The Morgan fingerprint density at radius 2 is 2.50 bits per heavy atom. The van der Waals surface area contributed by atoms with E-state index in [-0.39, 0.29) is 12.5 Å². The average Bonchev–Trinajstić information content (AvgIpc) is 2.78. The Balaban J connectivity index is 1.91. The Bertz CT molecular complexity index is 321. The number of hydrogen-bond acceptors (Lipinski definition) is 4. The van der Waals surface area contributed by atoms with Gasteiger partial charge in [0.2, 0.25) is 0 Å². The zero-order chi connectivity index (χ0) is 11.4. The van der Waals surface area contributed by atoms with E-state index in [1.807, 2.05) is 13.1 Å². The molecule has 2 atom stereocenters. The fourth-order valence-corrected chi connectivity index (χ4v) is 2.93. The summed E-state index contributed by atoms with van der Waals surface area (Å²) in [5, 5.41) is 10.2. The lowest BCUT2D eigenvalue weighted by Crippen LogP contribution is -2.21. The molecule has 16 heavy (non-hydrogen) atoms. The van der Waals surface area contributed by atoms with Crippen LogP contribution in [0.3, 0.4) is 0 Å². The third kappa shape index (κ3) is 3.03. The number of aliphatic hydroxyl groups is 1. The Morgan fingerprint density at radius 3 is 3.19 bits per heavy atom. The Labute approximate surface area is 100 Å². The second-order valence-corrected chi connectivity index (χ2v) is 5.58. The summed E-state index contributed by atoms with van der Waals surface area (Å²) in [7, 11) is 0. The van der Waals surface area contributed by atoms with Crippen LogP contribution in [-0.2, 0) is 11.2 Å². The zero-order valence-corrected chi connectivity index (χ0v) is 10.5. The van der Waals surface area contributed by atoms with Gasteiger partial charge in [-0.25, -0.2) is 4.98 Å². The molecule has 0 amide bonds. The minimum Gasteiger partial charge on any atom is -0.396 e. The molecule has 0 spiro atoms. The van der Waals surface area contributed by atoms with Crippen LogP contribution in [0, 0.1) is 0 Å². The van der Waals surface area contributed by atoms with E-state index in [2.05, 4.69) is 4.98 Å². The van der Waals surface area contributed by atoms with E-state index in [1.54, 1.807) is 11.3 Å². The van der Waals surface area contributed by atoms with Gasteiger partial charge in [0.1, 0.15) is 0 Å². The van der Waals surface area contributed by atoms with E-state index in [4.69, 9.17) is 9.84 Å². The standard InChI is InChI=1S/C12H19NO2S/c1-9(8-14)11-7-13-12(16-11)6-10-4-2-3-5-15-10/h7,9-10,14H,2-6,8H2,1H3. The van der Waals surface area contributed by atoms with Crippen LogP contribution < -0.4 is 0 Å². The van der Waals surface area contributed by atoms with E-state index < -0.39 is 0 Å². The number of thiazole rings is 1. The average molecular weight is 241 g/mol. The lowest BCUT2D eigenvalue weighted by atomic mass is 10.1. The highest BCUT2D eigenvalue weighted by molar-refractivity contribution is 7.11. The fourth-order valence-electron chi connectivity index (χ4n) is 1.90. The molecule has 0 aromatic carbocycles. The highest BCUT2D eigenvalue weighted by atomic mass is 32.1. The maximum atomic E-state index is 9.07. The van der Waals surface area contributed by atoms with Crippen LogP contribution in [-0.4, -0.2) is 29.4 Å². The largest absolute Gasteiger partial charge is 0.396 e. The second-order valence-electron chi connectivity index (χ2n) is 4.43. The smallest absolute Gasteiger partial charge is 0.0953 e. The molecular formula is C12H19NO2S. The molecular weight excluding hydrogens is 222 g/mol. The van der Waals surface area contributed by atoms with Gasteiger partial charge < -0.3 is 9.84 Å². The maximum absolute atomic E-state index is 9.07. The van der Waals surface area contributed by atoms with Crippen LogP contribution in [0.5, 0.6) is 0 Å². The number of aliphatic hydroxyl groups excluding tert-OH is 1. The summed E-state index contributed by atoms with van der Waals surface area (Å²) in [5.74, 6) is 0.207. The molecule has 1 aromatic heterocycles. The van der Waals surface area contributed by atoms with Crippen molar-refractivity contribution in [3.05, 3.63) is 16.1 Å². The first-order chi connectivity index (χ1) is 7.79. The molecule has 2 rings (SSSR count). The summed E-state index contributed by atoms with van der Waals surface area (Å²) in [6.07, 6.45) is 6.81. The highest BCUT2D eigenvalue weighted by Gasteiger charge is 2.17. The molecule has 0 aliphatic carbocycles. The minimum absolute atomic E-state index is 0.196. The monoisotopic (exact) mass is 241 g/mol. The van der Waals surface area contributed by atoms with Gasteiger partial charge in [0, 0.05) is 30.0 Å². The number of hydrogen-bond donors (Lipinski definition) is 1. The van der Waals surface area contributed by atoms with Gasteiger partial charge in [-0.05, 0) is 19.3 Å². The SMILES string of the molecule is CC(CO)c1cnc(CC2CCCCO2)s1. The third-order valence-electron chi connectivity index (χ3n) is 3.01. The first-order valence-corrected chi connectivity index (χ1v) is 6.78. The summed E-state index contributed by atoms with van der Waals surface area (Å²) in [6, 6.07) is 0. The lowest BCUT2D eigenvalue weighted by Gasteiger charge is -2.21. The van der Waals surface area contributed by atoms with E-state index in [0.29, 0.717) is 6.10 Å². The van der Waals surface area contributed by atoms with E-state index >= 15 is 0 Å². The Morgan fingerprint density at radius 1 is 1.62 bits per heavy atom. The molecule has 0 radical (unpaired) electrons. The van der Waals surface area contributed by atoms with Crippen molar-refractivity contribution in [2.24, 2.45) is 0 Å². The van der Waals surface area contributed by atoms with Gasteiger partial charge in [0.15, 0.2) is 0 Å². The number of nitrogens with zero attached hydrogens (tertiary/aromatic N) is 1. The summed E-state index contributed by atoms with van der Waals surface area (Å²) in [6.45, 7) is 3.12. The van der Waals surface area contributed by atoms with Gasteiger partial charge in [-0.2, -0.15) is 0 Å². The number of ether oxygens (including phenoxy) is 1. The molecule has 0 saturated carbocycles. The predicted molar refractivity (Wildman–Crippen MR) is 64.9 cm³/mol. The first kappa shape index (κ1) is 12.0. The van der Waals surface area contributed by atoms with Crippen molar-refractivity contribution in [1.82, 2.24) is 4.98 Å². The number of rotatable bonds is 4. The molecule has 2 heterocycles. The van der Waals surface area contributed by atoms with Crippen LogP contribution in [0.25, 0.3) is 0 Å². The summed E-state index contributed by atoms with van der Waals surface area (Å²) in [5.41, 5.74) is 0. The van der Waals surface area contributed by atoms with Gasteiger partial charge in [0.05, 0.1) is 17.7 Å². The summed E-state index contributed by atoms with van der Waals surface area (Å²) >= 11 is 1.71. The minimum atomic E-state index is 0.196. The molecule has 1 aliphatic heterocycles. The molecule has 3 nitrogen and oxygen atoms in total. The molecule has 1 saturated heterocycles. The zero-order valence-electron chi connectivity index (χ0n) is 9.69. The van der Waals surface area contributed by atoms with Crippen LogP contribution in [0.1, 0.15) is 42.0 Å². The van der Waals surface area contributed by atoms with Crippen molar-refractivity contribution in [2.75, 3.05) is 13.2 Å². The quantitative estimate of drug-likeness (QED) is 0.880. The van der Waals surface area contributed by atoms with Gasteiger partial charge >= 0.3 is 0 Å². The molecule has 0 bridgehead atoms. The summed E-state index contributed by atoms with van der Waals surface area (Å²) in [4.78, 5) is 5.58. The number of aromatic nitrogens is 1. The molecule has 1 aromatic rings. The second kappa shape index (κ2) is 5.75. The van der Waals surface area contributed by atoms with Crippen molar-refractivity contribution in [1.29, 1.82) is 0 Å². The molecule has 4 heteroatoms. The van der Waals surface area contributed by atoms with Gasteiger partial charge in [-0.15, -0.1) is 11.3 Å². The molecule has 1 aliphatic rings. The van der Waals surface area contributed by atoms with Crippen LogP contribution in [0.2, 0.25) is 0 Å². The van der Waals surface area contributed by atoms with E-state index in [1.165, 1.54) is 17.7 Å². The maximum Gasteiger partial charge on any atom is 0.0953 e. The fraction of sp³-hybridized carbons (Fsp3) is 0.750. The van der Waals surface area contributed by atoms with Crippen LogP contribution in [0.15, 0.2) is 6.20 Å². The highest BCUT2D eigenvalue weighted by Crippen LogP contribution is 2.25. The Hall–Kier alpha value is -0.450. The molecule has 1 fully saturated rings. The van der Waals surface area contributed by atoms with Crippen molar-refractivity contribution in [3.8, 4) is 0 Å². The predicted octanol–water partition coefficient (Wildman–Crippen LogP) is 2.35. The van der Waals surface area contributed by atoms with Crippen LogP contribution in [0.4, 0.5) is 0 Å². The Kier molecular flexibility index (Phi) is 4.32. The van der Waals surface area contributed by atoms with Gasteiger partial charge in [-0.1, -0.05) is 6.92 Å².